The van der Waals surface area contributed by atoms with Crippen LogP contribution in [0.1, 0.15) is 84.6 Å². The second-order valence-corrected chi connectivity index (χ2v) is 21.4. The molecule has 0 spiro atoms. The predicted molar refractivity (Wildman–Crippen MR) is 268 cm³/mol. The Morgan fingerprint density at radius 2 is 1.03 bits per heavy atom. The zero-order valence-corrected chi connectivity index (χ0v) is 38.1. The Hall–Kier alpha value is -5.84. The van der Waals surface area contributed by atoms with Gasteiger partial charge in [-0.1, -0.05) is 172 Å². The van der Waals surface area contributed by atoms with Crippen LogP contribution in [-0.2, 0) is 16.2 Å². The van der Waals surface area contributed by atoms with Gasteiger partial charge in [0.1, 0.15) is 0 Å². The fourth-order valence-corrected chi connectivity index (χ4v) is 11.1. The van der Waals surface area contributed by atoms with E-state index in [2.05, 4.69) is 231 Å². The Kier molecular flexibility index (Phi) is 9.09. The largest absolute Gasteiger partial charge is 0.311 e. The number of aryl methyl sites for hydroxylation is 1. The van der Waals surface area contributed by atoms with E-state index in [1.165, 1.54) is 104 Å². The summed E-state index contributed by atoms with van der Waals surface area (Å²) >= 11 is 1.99. The highest BCUT2D eigenvalue weighted by molar-refractivity contribution is 7.32. The molecule has 0 fully saturated rings. The van der Waals surface area contributed by atoms with Crippen LogP contribution in [0.5, 0.6) is 0 Å². The summed E-state index contributed by atoms with van der Waals surface area (Å²) in [6.45, 7) is 23.1. The lowest BCUT2D eigenvalue weighted by atomic mass is 9.36. The number of fused-ring (bicyclic) bond motifs is 5. The summed E-state index contributed by atoms with van der Waals surface area (Å²) in [5.41, 5.74) is 19.2. The topological polar surface area (TPSA) is 6.48 Å². The molecule has 2 aliphatic rings. The molecule has 61 heavy (non-hydrogen) atoms. The highest BCUT2D eigenvalue weighted by Gasteiger charge is 2.47. The van der Waals surface area contributed by atoms with Crippen molar-refractivity contribution in [2.75, 3.05) is 9.80 Å². The van der Waals surface area contributed by atoms with E-state index in [4.69, 9.17) is 0 Å². The molecule has 3 heterocycles. The number of rotatable bonds is 4. The molecular weight excluding hydrogens is 756 g/mol. The van der Waals surface area contributed by atoms with E-state index >= 15 is 0 Å². The summed E-state index contributed by atoms with van der Waals surface area (Å²) in [5, 5.41) is 2.53. The van der Waals surface area contributed by atoms with Crippen molar-refractivity contribution in [3.8, 4) is 21.6 Å². The predicted octanol–water partition coefficient (Wildman–Crippen LogP) is 14.5. The van der Waals surface area contributed by atoms with Crippen LogP contribution >= 0.6 is 11.3 Å². The summed E-state index contributed by atoms with van der Waals surface area (Å²) in [4.78, 5) is 6.49. The molecule has 0 atom stereocenters. The third kappa shape index (κ3) is 6.54. The van der Waals surface area contributed by atoms with Crippen LogP contribution in [0, 0.1) is 6.92 Å². The SMILES string of the molecule is Cc1cc2c3c(c1)N(c1ccc(C(C)(C)C)cc1)c1c(sc(-c4cccc5ccccc45)c1-c1ccccc1)B3c1cc(C(C)(C)C)ccc1N2c1ccc(C(C)(C)C)cc1. The highest BCUT2D eigenvalue weighted by Crippen LogP contribution is 2.53. The Balaban J connectivity index is 1.35. The van der Waals surface area contributed by atoms with Gasteiger partial charge in [-0.25, -0.2) is 0 Å². The molecule has 2 aliphatic heterocycles. The van der Waals surface area contributed by atoms with E-state index < -0.39 is 0 Å². The monoisotopic (exact) mass is 810 g/mol. The van der Waals surface area contributed by atoms with Gasteiger partial charge in [-0.05, 0) is 115 Å². The Bertz CT molecular complexity index is 2970. The quantitative estimate of drug-likeness (QED) is 0.163. The van der Waals surface area contributed by atoms with E-state index in [1.807, 2.05) is 11.3 Å². The molecule has 0 amide bonds. The first-order valence-corrected chi connectivity index (χ1v) is 22.7. The average Bonchev–Trinajstić information content (AvgIpc) is 3.62. The fraction of sp³-hybridized carbons (Fsp3) is 0.228. The second-order valence-electron chi connectivity index (χ2n) is 20.3. The molecule has 0 N–H and O–H groups in total. The normalized spacial score (nSPS) is 13.6. The summed E-state index contributed by atoms with van der Waals surface area (Å²) in [6, 6.07) is 57.8. The smallest absolute Gasteiger partial charge is 0.264 e. The molecule has 1 aromatic heterocycles. The van der Waals surface area contributed by atoms with Gasteiger partial charge < -0.3 is 9.80 Å². The molecule has 0 saturated heterocycles. The van der Waals surface area contributed by atoms with Crippen molar-refractivity contribution in [2.24, 2.45) is 0 Å². The van der Waals surface area contributed by atoms with Gasteiger partial charge in [0.2, 0.25) is 0 Å². The highest BCUT2D eigenvalue weighted by atomic mass is 32.1. The summed E-state index contributed by atoms with van der Waals surface area (Å²) in [5.74, 6) is 0. The molecule has 7 aromatic carbocycles. The van der Waals surface area contributed by atoms with E-state index in [9.17, 15) is 0 Å². The van der Waals surface area contributed by atoms with Crippen LogP contribution in [0.4, 0.5) is 34.1 Å². The van der Waals surface area contributed by atoms with Crippen molar-refractivity contribution < 1.29 is 0 Å². The van der Waals surface area contributed by atoms with Crippen LogP contribution in [-0.4, -0.2) is 6.71 Å². The molecule has 0 radical (unpaired) electrons. The molecule has 10 rings (SSSR count). The van der Waals surface area contributed by atoms with Crippen LogP contribution < -0.4 is 25.5 Å². The molecule has 0 saturated carbocycles. The summed E-state index contributed by atoms with van der Waals surface area (Å²) in [7, 11) is 0. The lowest BCUT2D eigenvalue weighted by Crippen LogP contribution is -2.60. The van der Waals surface area contributed by atoms with Crippen molar-refractivity contribution in [2.45, 2.75) is 85.5 Å². The van der Waals surface area contributed by atoms with Gasteiger partial charge in [0.15, 0.2) is 0 Å². The van der Waals surface area contributed by atoms with Gasteiger partial charge in [-0.15, -0.1) is 11.3 Å². The minimum Gasteiger partial charge on any atom is -0.311 e. The third-order valence-electron chi connectivity index (χ3n) is 13.0. The van der Waals surface area contributed by atoms with Crippen LogP contribution in [0.2, 0.25) is 0 Å². The molecule has 302 valence electrons. The van der Waals surface area contributed by atoms with Crippen molar-refractivity contribution in [1.29, 1.82) is 0 Å². The lowest BCUT2D eigenvalue weighted by molar-refractivity contribution is 0.590. The maximum absolute atomic E-state index is 2.62. The Labute approximate surface area is 367 Å². The zero-order valence-electron chi connectivity index (χ0n) is 37.3. The van der Waals surface area contributed by atoms with Crippen LogP contribution in [0.3, 0.4) is 0 Å². The third-order valence-corrected chi connectivity index (χ3v) is 14.2. The van der Waals surface area contributed by atoms with Gasteiger partial charge in [-0.2, -0.15) is 0 Å². The minimum atomic E-state index is -0.0261. The fourth-order valence-electron chi connectivity index (χ4n) is 9.67. The minimum absolute atomic E-state index is 0.0179. The first-order chi connectivity index (χ1) is 29.1. The van der Waals surface area contributed by atoms with Gasteiger partial charge in [0.05, 0.1) is 5.69 Å². The Morgan fingerprint density at radius 1 is 0.492 bits per heavy atom. The average molecular weight is 811 g/mol. The molecular formula is C57H55BN2S. The maximum Gasteiger partial charge on any atom is 0.264 e. The molecule has 4 heteroatoms. The van der Waals surface area contributed by atoms with Gasteiger partial charge in [-0.3, -0.25) is 0 Å². The van der Waals surface area contributed by atoms with E-state index in [1.54, 1.807) is 0 Å². The summed E-state index contributed by atoms with van der Waals surface area (Å²) < 4.78 is 1.38. The number of hydrogen-bond donors (Lipinski definition) is 0. The first-order valence-electron chi connectivity index (χ1n) is 21.9. The van der Waals surface area contributed by atoms with E-state index in [0.717, 1.165) is 0 Å². The van der Waals surface area contributed by atoms with Gasteiger partial charge in [0, 0.05) is 49.2 Å². The number of benzene rings is 7. The number of hydrogen-bond acceptors (Lipinski definition) is 3. The molecule has 0 unspecified atom stereocenters. The maximum atomic E-state index is 2.62. The second kappa shape index (κ2) is 14.1. The molecule has 2 nitrogen and oxygen atoms in total. The van der Waals surface area contributed by atoms with Crippen LogP contribution in [0.25, 0.3) is 32.3 Å². The van der Waals surface area contributed by atoms with Gasteiger partial charge >= 0.3 is 0 Å². The first kappa shape index (κ1) is 39.3. The number of nitrogens with zero attached hydrogens (tertiary/aromatic N) is 2. The standard InChI is InChI=1S/C57H55BN2S/c1-36-33-48-51-49(34-36)60(43-30-25-40(26-31-43)56(5,6)7)52-50(38-18-12-11-13-19-38)53(45-22-16-20-37-17-14-15-21-44(37)45)61-54(52)58(51)46-35-41(57(8,9)10)27-32-47(46)59(48)42-28-23-39(24-29-42)55(2,3)4/h11-35H,1-10H3. The van der Waals surface area contributed by atoms with E-state index in [0.29, 0.717) is 0 Å². The molecule has 0 bridgehead atoms. The zero-order chi connectivity index (χ0) is 42.6. The molecule has 0 aliphatic carbocycles. The number of thiophene rings is 1. The van der Waals surface area contributed by atoms with Crippen molar-refractivity contribution >= 4 is 78.6 Å². The van der Waals surface area contributed by atoms with Crippen LogP contribution in [0.15, 0.2) is 152 Å². The van der Waals surface area contributed by atoms with E-state index in [-0.39, 0.29) is 23.0 Å². The van der Waals surface area contributed by atoms with Crippen molar-refractivity contribution in [3.05, 3.63) is 174 Å². The van der Waals surface area contributed by atoms with Gasteiger partial charge in [0.25, 0.3) is 6.71 Å². The van der Waals surface area contributed by atoms with Crippen molar-refractivity contribution in [1.82, 2.24) is 0 Å². The number of anilines is 6. The van der Waals surface area contributed by atoms with Crippen molar-refractivity contribution in [3.63, 3.8) is 0 Å². The lowest BCUT2D eigenvalue weighted by Gasteiger charge is -2.44. The Morgan fingerprint density at radius 3 is 1.66 bits per heavy atom. The summed E-state index contributed by atoms with van der Waals surface area (Å²) in [6.07, 6.45) is 0. The molecule has 8 aromatic rings.